The first-order valence-electron chi connectivity index (χ1n) is 5.86. The molecule has 0 bridgehead atoms. The fraction of sp³-hybridized carbons (Fsp3) is 0.333. The number of benzene rings is 1. The molecular formula is C12H13N3O4. The van der Waals surface area contributed by atoms with Crippen molar-refractivity contribution in [3.63, 3.8) is 0 Å². The maximum absolute atomic E-state index is 11.0. The molecule has 1 N–H and O–H groups in total. The number of carboxylic acid groups (broad SMARTS) is 1. The minimum atomic E-state index is -0.895. The molecule has 1 aliphatic heterocycles. The minimum Gasteiger partial charge on any atom is -0.480 e. The van der Waals surface area contributed by atoms with Gasteiger partial charge in [-0.1, -0.05) is 12.1 Å². The van der Waals surface area contributed by atoms with Gasteiger partial charge in [-0.05, 0) is 12.8 Å². The van der Waals surface area contributed by atoms with Crippen molar-refractivity contribution in [1.29, 1.82) is 0 Å². The summed E-state index contributed by atoms with van der Waals surface area (Å²) < 4.78 is 0. The fourth-order valence-corrected chi connectivity index (χ4v) is 2.00. The van der Waals surface area contributed by atoms with Crippen LogP contribution in [0.15, 0.2) is 29.4 Å². The number of hydrazone groups is 1. The normalized spacial score (nSPS) is 18.9. The van der Waals surface area contributed by atoms with E-state index in [1.807, 2.05) is 0 Å². The van der Waals surface area contributed by atoms with E-state index >= 15 is 0 Å². The maximum Gasteiger partial charge on any atom is 0.328 e. The van der Waals surface area contributed by atoms with Gasteiger partial charge in [0, 0.05) is 24.2 Å². The zero-order valence-electron chi connectivity index (χ0n) is 10.1. The number of nitrogens with zero attached hydrogens (tertiary/aromatic N) is 3. The topological polar surface area (TPSA) is 96.0 Å². The molecule has 0 amide bonds. The van der Waals surface area contributed by atoms with Gasteiger partial charge in [0.2, 0.25) is 0 Å². The maximum atomic E-state index is 11.0. The Morgan fingerprint density at radius 2 is 2.37 bits per heavy atom. The summed E-state index contributed by atoms with van der Waals surface area (Å²) in [6.45, 7) is 0.586. The second kappa shape index (κ2) is 5.47. The van der Waals surface area contributed by atoms with Crippen molar-refractivity contribution in [2.45, 2.75) is 18.9 Å². The number of rotatable bonds is 4. The van der Waals surface area contributed by atoms with Gasteiger partial charge in [-0.2, -0.15) is 5.10 Å². The molecule has 2 rings (SSSR count). The van der Waals surface area contributed by atoms with Gasteiger partial charge in [-0.25, -0.2) is 4.79 Å². The van der Waals surface area contributed by atoms with Crippen molar-refractivity contribution in [1.82, 2.24) is 5.01 Å². The molecule has 7 heteroatoms. The van der Waals surface area contributed by atoms with Crippen LogP contribution in [0.5, 0.6) is 0 Å². The molecule has 0 aromatic heterocycles. The second-order valence-corrected chi connectivity index (χ2v) is 4.26. The quantitative estimate of drug-likeness (QED) is 0.504. The van der Waals surface area contributed by atoms with Crippen LogP contribution in [-0.4, -0.2) is 39.8 Å². The van der Waals surface area contributed by atoms with Gasteiger partial charge in [-0.15, -0.1) is 0 Å². The summed E-state index contributed by atoms with van der Waals surface area (Å²) in [5.74, 6) is -0.895. The van der Waals surface area contributed by atoms with Gasteiger partial charge in [-0.3, -0.25) is 15.1 Å². The van der Waals surface area contributed by atoms with Crippen LogP contribution in [0.25, 0.3) is 0 Å². The van der Waals surface area contributed by atoms with E-state index in [4.69, 9.17) is 5.11 Å². The third-order valence-electron chi connectivity index (χ3n) is 2.95. The van der Waals surface area contributed by atoms with Crippen molar-refractivity contribution < 1.29 is 14.8 Å². The Hall–Kier alpha value is -2.44. The Bertz CT molecular complexity index is 529. The lowest BCUT2D eigenvalue weighted by atomic mass is 10.2. The van der Waals surface area contributed by atoms with Crippen molar-refractivity contribution in [2.24, 2.45) is 5.10 Å². The van der Waals surface area contributed by atoms with Crippen LogP contribution < -0.4 is 0 Å². The number of hydrogen-bond acceptors (Lipinski definition) is 5. The molecule has 1 aliphatic rings. The van der Waals surface area contributed by atoms with Crippen LogP contribution >= 0.6 is 0 Å². The van der Waals surface area contributed by atoms with Crippen LogP contribution in [0.1, 0.15) is 18.4 Å². The number of non-ortho nitro benzene ring substituents is 1. The third-order valence-corrected chi connectivity index (χ3v) is 2.95. The highest BCUT2D eigenvalue weighted by molar-refractivity contribution is 5.81. The Morgan fingerprint density at radius 3 is 3.05 bits per heavy atom. The first kappa shape index (κ1) is 13.0. The Balaban J connectivity index is 2.12. The first-order valence-corrected chi connectivity index (χ1v) is 5.86. The van der Waals surface area contributed by atoms with Crippen LogP contribution in [0.2, 0.25) is 0 Å². The monoisotopic (exact) mass is 263 g/mol. The summed E-state index contributed by atoms with van der Waals surface area (Å²) in [5, 5.41) is 25.2. The average molecular weight is 263 g/mol. The largest absolute Gasteiger partial charge is 0.480 e. The van der Waals surface area contributed by atoms with Gasteiger partial charge in [0.15, 0.2) is 0 Å². The molecule has 1 unspecified atom stereocenters. The average Bonchev–Trinajstić information content (AvgIpc) is 2.85. The number of carboxylic acids is 1. The lowest BCUT2D eigenvalue weighted by Gasteiger charge is -2.16. The third kappa shape index (κ3) is 3.06. The molecule has 100 valence electrons. The van der Waals surface area contributed by atoms with Gasteiger partial charge < -0.3 is 5.11 Å². The molecule has 1 fully saturated rings. The first-order chi connectivity index (χ1) is 9.08. The Labute approximate surface area is 109 Å². The molecule has 19 heavy (non-hydrogen) atoms. The molecule has 1 saturated heterocycles. The summed E-state index contributed by atoms with van der Waals surface area (Å²) in [5.41, 5.74) is 0.561. The standard InChI is InChI=1S/C12H13N3O4/c16-12(17)11-5-2-6-14(11)13-8-9-3-1-4-10(7-9)15(18)19/h1,3-4,7-8,11H,2,5-6H2,(H,16,17)/b13-8+. The molecule has 0 radical (unpaired) electrons. The number of nitro groups is 1. The molecule has 7 nitrogen and oxygen atoms in total. The summed E-state index contributed by atoms with van der Waals surface area (Å²) in [6.07, 6.45) is 2.80. The summed E-state index contributed by atoms with van der Waals surface area (Å²) in [4.78, 5) is 21.1. The summed E-state index contributed by atoms with van der Waals surface area (Å²) in [6, 6.07) is 5.44. The zero-order chi connectivity index (χ0) is 13.8. The van der Waals surface area contributed by atoms with Crippen LogP contribution in [0.4, 0.5) is 5.69 Å². The van der Waals surface area contributed by atoms with Gasteiger partial charge in [0.05, 0.1) is 11.1 Å². The molecule has 0 saturated carbocycles. The number of hydrogen-bond donors (Lipinski definition) is 1. The molecule has 1 atom stereocenters. The zero-order valence-corrected chi connectivity index (χ0v) is 10.1. The summed E-state index contributed by atoms with van der Waals surface area (Å²) >= 11 is 0. The smallest absolute Gasteiger partial charge is 0.328 e. The second-order valence-electron chi connectivity index (χ2n) is 4.26. The number of carbonyl (C=O) groups is 1. The van der Waals surface area contributed by atoms with E-state index < -0.39 is 16.9 Å². The molecule has 1 heterocycles. The van der Waals surface area contributed by atoms with E-state index in [1.165, 1.54) is 23.4 Å². The highest BCUT2D eigenvalue weighted by atomic mass is 16.6. The molecule has 1 aromatic rings. The van der Waals surface area contributed by atoms with Crippen molar-refractivity contribution >= 4 is 17.9 Å². The molecule has 0 aliphatic carbocycles. The predicted molar refractivity (Wildman–Crippen MR) is 68.1 cm³/mol. The predicted octanol–water partition coefficient (Wildman–Crippen LogP) is 1.48. The van der Waals surface area contributed by atoms with E-state index in [0.717, 1.165) is 6.42 Å². The van der Waals surface area contributed by atoms with E-state index in [1.54, 1.807) is 12.1 Å². The van der Waals surface area contributed by atoms with Crippen LogP contribution in [-0.2, 0) is 4.79 Å². The number of aliphatic carboxylic acids is 1. The molecule has 1 aromatic carbocycles. The lowest BCUT2D eigenvalue weighted by molar-refractivity contribution is -0.384. The van der Waals surface area contributed by atoms with E-state index in [-0.39, 0.29) is 5.69 Å². The molecule has 0 spiro atoms. The van der Waals surface area contributed by atoms with E-state index in [9.17, 15) is 14.9 Å². The highest BCUT2D eigenvalue weighted by Crippen LogP contribution is 2.18. The van der Waals surface area contributed by atoms with E-state index in [2.05, 4.69) is 5.10 Å². The van der Waals surface area contributed by atoms with Crippen molar-refractivity contribution in [3.8, 4) is 0 Å². The summed E-state index contributed by atoms with van der Waals surface area (Å²) in [7, 11) is 0. The highest BCUT2D eigenvalue weighted by Gasteiger charge is 2.29. The van der Waals surface area contributed by atoms with Gasteiger partial charge in [0.25, 0.3) is 5.69 Å². The Kier molecular flexibility index (Phi) is 3.74. The SMILES string of the molecule is O=C(O)C1CCCN1/N=C/c1cccc([N+](=O)[O-])c1. The van der Waals surface area contributed by atoms with Crippen molar-refractivity contribution in [2.75, 3.05) is 6.54 Å². The molecular weight excluding hydrogens is 250 g/mol. The van der Waals surface area contributed by atoms with Crippen molar-refractivity contribution in [3.05, 3.63) is 39.9 Å². The van der Waals surface area contributed by atoms with Gasteiger partial charge in [0.1, 0.15) is 6.04 Å². The van der Waals surface area contributed by atoms with Gasteiger partial charge >= 0.3 is 5.97 Å². The fourth-order valence-electron chi connectivity index (χ4n) is 2.00. The lowest BCUT2D eigenvalue weighted by Crippen LogP contribution is -2.31. The Morgan fingerprint density at radius 1 is 1.58 bits per heavy atom. The minimum absolute atomic E-state index is 0.0137. The van der Waals surface area contributed by atoms with Crippen LogP contribution in [0.3, 0.4) is 0 Å². The van der Waals surface area contributed by atoms with Crippen LogP contribution in [0, 0.1) is 10.1 Å². The number of nitro benzene ring substituents is 1. The van der Waals surface area contributed by atoms with E-state index in [0.29, 0.717) is 18.5 Å².